The summed E-state index contributed by atoms with van der Waals surface area (Å²) >= 11 is 0. The molecule has 9 heteroatoms. The summed E-state index contributed by atoms with van der Waals surface area (Å²) in [4.78, 5) is 47.0. The third kappa shape index (κ3) is 6.42. The van der Waals surface area contributed by atoms with Crippen LogP contribution in [0.2, 0.25) is 0 Å². The van der Waals surface area contributed by atoms with E-state index in [0.29, 0.717) is 0 Å². The van der Waals surface area contributed by atoms with Crippen molar-refractivity contribution >= 4 is 23.4 Å². The molecule has 0 saturated carbocycles. The molecule has 152 valence electrons. The van der Waals surface area contributed by atoms with Crippen molar-refractivity contribution in [1.82, 2.24) is 16.2 Å². The van der Waals surface area contributed by atoms with Crippen molar-refractivity contribution < 1.29 is 19.3 Å². The Hall–Kier alpha value is -3.75. The average molecular weight is 398 g/mol. The topological polar surface area (TPSA) is 130 Å². The second-order valence-corrected chi connectivity index (χ2v) is 6.70. The van der Waals surface area contributed by atoms with Gasteiger partial charge in [-0.3, -0.25) is 35.3 Å². The van der Waals surface area contributed by atoms with Crippen molar-refractivity contribution in [2.45, 2.75) is 26.3 Å². The number of carbonyl (C=O) groups is 3. The molecule has 0 radical (unpaired) electrons. The van der Waals surface area contributed by atoms with Crippen LogP contribution in [0.5, 0.6) is 0 Å². The van der Waals surface area contributed by atoms with Crippen LogP contribution in [-0.4, -0.2) is 28.7 Å². The Morgan fingerprint density at radius 3 is 2.31 bits per heavy atom. The van der Waals surface area contributed by atoms with Gasteiger partial charge in [0, 0.05) is 17.7 Å². The van der Waals surface area contributed by atoms with Gasteiger partial charge in [0.2, 0.25) is 5.91 Å². The first-order valence-electron chi connectivity index (χ1n) is 8.96. The van der Waals surface area contributed by atoms with Crippen LogP contribution in [0.1, 0.15) is 29.8 Å². The zero-order valence-corrected chi connectivity index (χ0v) is 16.0. The molecule has 0 heterocycles. The quantitative estimate of drug-likeness (QED) is 0.483. The highest BCUT2D eigenvalue weighted by atomic mass is 16.6. The van der Waals surface area contributed by atoms with E-state index in [1.54, 1.807) is 13.8 Å². The van der Waals surface area contributed by atoms with E-state index in [-0.39, 0.29) is 29.5 Å². The van der Waals surface area contributed by atoms with Gasteiger partial charge < -0.3 is 5.32 Å². The summed E-state index contributed by atoms with van der Waals surface area (Å²) in [6.45, 7) is 3.52. The molecule has 0 aliphatic rings. The average Bonchev–Trinajstić information content (AvgIpc) is 2.70. The molecule has 2 rings (SSSR count). The summed E-state index contributed by atoms with van der Waals surface area (Å²) in [7, 11) is 0. The smallest absolute Gasteiger partial charge is 0.270 e. The van der Waals surface area contributed by atoms with Gasteiger partial charge in [0.1, 0.15) is 6.04 Å². The molecule has 0 saturated heterocycles. The van der Waals surface area contributed by atoms with E-state index < -0.39 is 22.8 Å². The number of nitrogens with zero attached hydrogens (tertiary/aromatic N) is 1. The van der Waals surface area contributed by atoms with Gasteiger partial charge in [-0.25, -0.2) is 0 Å². The van der Waals surface area contributed by atoms with Gasteiger partial charge in [-0.15, -0.1) is 0 Å². The van der Waals surface area contributed by atoms with E-state index in [0.717, 1.165) is 11.6 Å². The van der Waals surface area contributed by atoms with Gasteiger partial charge in [-0.1, -0.05) is 50.2 Å². The standard InChI is InChI=1S/C20H22N4O5/c1-13(2)18(21-17(25)11-14-7-4-3-5-8-14)20(27)23-22-19(26)15-9-6-10-16(12-15)24(28)29/h3-10,12-13,18H,11H2,1-2H3,(H,21,25)(H,22,26)(H,23,27)/t18-/m0/s1. The first-order chi connectivity index (χ1) is 13.8. The molecule has 0 aromatic heterocycles. The van der Waals surface area contributed by atoms with Crippen molar-refractivity contribution in [3.8, 4) is 0 Å². The summed E-state index contributed by atoms with van der Waals surface area (Å²) in [5.41, 5.74) is 5.06. The second-order valence-electron chi connectivity index (χ2n) is 6.70. The Labute approximate surface area is 167 Å². The van der Waals surface area contributed by atoms with Crippen LogP contribution in [0, 0.1) is 16.0 Å². The lowest BCUT2D eigenvalue weighted by Gasteiger charge is -2.22. The molecule has 0 aliphatic carbocycles. The minimum absolute atomic E-state index is 0.0220. The normalized spacial score (nSPS) is 11.4. The minimum atomic E-state index is -0.864. The van der Waals surface area contributed by atoms with Crippen molar-refractivity contribution in [2.75, 3.05) is 0 Å². The zero-order valence-electron chi connectivity index (χ0n) is 16.0. The number of benzene rings is 2. The number of rotatable bonds is 7. The van der Waals surface area contributed by atoms with Crippen LogP contribution in [0.25, 0.3) is 0 Å². The third-order valence-electron chi connectivity index (χ3n) is 4.09. The molecular formula is C20H22N4O5. The number of nitro benzene ring substituents is 1. The predicted molar refractivity (Wildman–Crippen MR) is 106 cm³/mol. The van der Waals surface area contributed by atoms with E-state index in [9.17, 15) is 24.5 Å². The highest BCUT2D eigenvalue weighted by molar-refractivity contribution is 5.97. The molecule has 0 aliphatic heterocycles. The van der Waals surface area contributed by atoms with E-state index >= 15 is 0 Å². The van der Waals surface area contributed by atoms with Gasteiger partial charge in [0.25, 0.3) is 17.5 Å². The van der Waals surface area contributed by atoms with Crippen LogP contribution >= 0.6 is 0 Å². The van der Waals surface area contributed by atoms with Gasteiger partial charge in [0.05, 0.1) is 11.3 Å². The molecule has 3 N–H and O–H groups in total. The highest BCUT2D eigenvalue weighted by Gasteiger charge is 2.25. The van der Waals surface area contributed by atoms with E-state index in [4.69, 9.17) is 0 Å². The molecule has 0 spiro atoms. The molecule has 0 unspecified atom stereocenters. The van der Waals surface area contributed by atoms with Crippen molar-refractivity contribution in [3.63, 3.8) is 0 Å². The minimum Gasteiger partial charge on any atom is -0.344 e. The van der Waals surface area contributed by atoms with Crippen LogP contribution in [0.3, 0.4) is 0 Å². The number of hydrogen-bond acceptors (Lipinski definition) is 5. The van der Waals surface area contributed by atoms with E-state index in [1.807, 2.05) is 30.3 Å². The maximum absolute atomic E-state index is 12.4. The number of nitrogens with one attached hydrogen (secondary N) is 3. The maximum atomic E-state index is 12.4. The van der Waals surface area contributed by atoms with Crippen molar-refractivity contribution in [3.05, 3.63) is 75.8 Å². The number of carbonyl (C=O) groups excluding carboxylic acids is 3. The van der Waals surface area contributed by atoms with Crippen LogP contribution in [0.4, 0.5) is 5.69 Å². The number of amides is 3. The summed E-state index contributed by atoms with van der Waals surface area (Å²) in [5.74, 6) is -1.86. The molecular weight excluding hydrogens is 376 g/mol. The fourth-order valence-electron chi connectivity index (χ4n) is 2.57. The maximum Gasteiger partial charge on any atom is 0.270 e. The Morgan fingerprint density at radius 2 is 1.69 bits per heavy atom. The number of nitro groups is 1. The fourth-order valence-corrected chi connectivity index (χ4v) is 2.57. The van der Waals surface area contributed by atoms with Crippen LogP contribution < -0.4 is 16.2 Å². The summed E-state index contributed by atoms with van der Waals surface area (Å²) in [6, 6.07) is 13.3. The molecule has 2 aromatic rings. The molecule has 2 aromatic carbocycles. The largest absolute Gasteiger partial charge is 0.344 e. The monoisotopic (exact) mass is 398 g/mol. The van der Waals surface area contributed by atoms with Gasteiger partial charge in [-0.05, 0) is 17.5 Å². The molecule has 29 heavy (non-hydrogen) atoms. The van der Waals surface area contributed by atoms with E-state index in [1.165, 1.54) is 18.2 Å². The first kappa shape index (κ1) is 21.5. The fraction of sp³-hybridized carbons (Fsp3) is 0.250. The lowest BCUT2D eigenvalue weighted by atomic mass is 10.0. The SMILES string of the molecule is CC(C)[C@H](NC(=O)Cc1ccccc1)C(=O)NNC(=O)c1cccc([N+](=O)[O-])c1. The Balaban J connectivity index is 1.95. The first-order valence-corrected chi connectivity index (χ1v) is 8.96. The predicted octanol–water partition coefficient (Wildman–Crippen LogP) is 1.74. The van der Waals surface area contributed by atoms with Gasteiger partial charge >= 0.3 is 0 Å². The van der Waals surface area contributed by atoms with Crippen molar-refractivity contribution in [1.29, 1.82) is 0 Å². The Bertz CT molecular complexity index is 899. The molecule has 3 amide bonds. The number of hydrogen-bond donors (Lipinski definition) is 3. The summed E-state index contributed by atoms with van der Waals surface area (Å²) < 4.78 is 0. The molecule has 9 nitrogen and oxygen atoms in total. The second kappa shape index (κ2) is 9.98. The zero-order chi connectivity index (χ0) is 21.4. The Morgan fingerprint density at radius 1 is 1.00 bits per heavy atom. The molecule has 1 atom stereocenters. The number of non-ortho nitro benzene ring substituents is 1. The third-order valence-corrected chi connectivity index (χ3v) is 4.09. The lowest BCUT2D eigenvalue weighted by molar-refractivity contribution is -0.384. The number of hydrazine groups is 1. The van der Waals surface area contributed by atoms with Gasteiger partial charge in [0.15, 0.2) is 0 Å². The molecule has 0 fully saturated rings. The Kier molecular flexibility index (Phi) is 7.41. The summed E-state index contributed by atoms with van der Waals surface area (Å²) in [6.07, 6.45) is 0.122. The molecule has 0 bridgehead atoms. The van der Waals surface area contributed by atoms with Crippen molar-refractivity contribution in [2.24, 2.45) is 5.92 Å². The van der Waals surface area contributed by atoms with Crippen LogP contribution in [-0.2, 0) is 16.0 Å². The van der Waals surface area contributed by atoms with E-state index in [2.05, 4.69) is 16.2 Å². The lowest BCUT2D eigenvalue weighted by Crippen LogP contribution is -2.54. The van der Waals surface area contributed by atoms with Gasteiger partial charge in [-0.2, -0.15) is 0 Å². The highest BCUT2D eigenvalue weighted by Crippen LogP contribution is 2.12. The summed E-state index contributed by atoms with van der Waals surface area (Å²) in [5, 5.41) is 13.5. The van der Waals surface area contributed by atoms with Crippen LogP contribution in [0.15, 0.2) is 54.6 Å².